The van der Waals surface area contributed by atoms with Gasteiger partial charge in [0.25, 0.3) is 0 Å². The average Bonchev–Trinajstić information content (AvgIpc) is 2.84. The standard InChI is InChI=1S/C14H15ClN2OS2/c1-17(9-12-6-7-13(15)20-12)14(19)16-10-4-3-5-11(8-10)18-2/h3-8H,9H2,1-2H3,(H,16,19). The molecule has 6 heteroatoms. The maximum absolute atomic E-state index is 5.92. The number of hydrogen-bond donors (Lipinski definition) is 1. The molecule has 0 unspecified atom stereocenters. The van der Waals surface area contributed by atoms with Gasteiger partial charge in [-0.1, -0.05) is 17.7 Å². The fourth-order valence-electron chi connectivity index (χ4n) is 1.66. The van der Waals surface area contributed by atoms with Crippen molar-refractivity contribution in [1.82, 2.24) is 4.90 Å². The van der Waals surface area contributed by atoms with Crippen molar-refractivity contribution in [3.63, 3.8) is 0 Å². The molecule has 0 radical (unpaired) electrons. The molecule has 1 aromatic carbocycles. The van der Waals surface area contributed by atoms with Crippen LogP contribution in [0.15, 0.2) is 36.4 Å². The van der Waals surface area contributed by atoms with Crippen molar-refractivity contribution < 1.29 is 4.74 Å². The van der Waals surface area contributed by atoms with Crippen LogP contribution in [-0.4, -0.2) is 24.2 Å². The smallest absolute Gasteiger partial charge is 0.173 e. The molecule has 1 heterocycles. The Balaban J connectivity index is 1.96. The molecule has 2 rings (SSSR count). The number of rotatable bonds is 4. The molecule has 0 aliphatic carbocycles. The Bertz CT molecular complexity index is 600. The van der Waals surface area contributed by atoms with E-state index in [0.717, 1.165) is 22.3 Å². The summed E-state index contributed by atoms with van der Waals surface area (Å²) in [6.45, 7) is 0.729. The zero-order chi connectivity index (χ0) is 14.5. The molecule has 0 amide bonds. The molecule has 0 atom stereocenters. The summed E-state index contributed by atoms with van der Waals surface area (Å²) >= 11 is 12.9. The monoisotopic (exact) mass is 326 g/mol. The van der Waals surface area contributed by atoms with Crippen LogP contribution in [-0.2, 0) is 6.54 Å². The third-order valence-corrected chi connectivity index (χ3v) is 4.32. The number of hydrogen-bond acceptors (Lipinski definition) is 3. The highest BCUT2D eigenvalue weighted by atomic mass is 35.5. The first-order chi connectivity index (χ1) is 9.58. The summed E-state index contributed by atoms with van der Waals surface area (Å²) in [6.07, 6.45) is 0. The Morgan fingerprint density at radius 2 is 2.20 bits per heavy atom. The number of thiocarbonyl (C=S) groups is 1. The number of nitrogens with zero attached hydrogens (tertiary/aromatic N) is 1. The molecule has 0 saturated carbocycles. The lowest BCUT2D eigenvalue weighted by Crippen LogP contribution is -2.30. The summed E-state index contributed by atoms with van der Waals surface area (Å²) in [5.74, 6) is 0.797. The van der Waals surface area contributed by atoms with E-state index >= 15 is 0 Å². The second-order valence-corrected chi connectivity index (χ2v) is 6.41. The van der Waals surface area contributed by atoms with Crippen LogP contribution in [0.4, 0.5) is 5.69 Å². The quantitative estimate of drug-likeness (QED) is 0.849. The van der Waals surface area contributed by atoms with Crippen molar-refractivity contribution >= 4 is 46.0 Å². The fraction of sp³-hybridized carbons (Fsp3) is 0.214. The minimum Gasteiger partial charge on any atom is -0.497 e. The van der Waals surface area contributed by atoms with Gasteiger partial charge in [-0.25, -0.2) is 0 Å². The summed E-state index contributed by atoms with van der Waals surface area (Å²) in [5, 5.41) is 3.85. The summed E-state index contributed by atoms with van der Waals surface area (Å²) < 4.78 is 5.98. The molecule has 1 N–H and O–H groups in total. The van der Waals surface area contributed by atoms with Crippen molar-refractivity contribution in [2.24, 2.45) is 0 Å². The van der Waals surface area contributed by atoms with Crippen LogP contribution in [0.2, 0.25) is 4.34 Å². The molecule has 0 saturated heterocycles. The van der Waals surface area contributed by atoms with E-state index in [1.54, 1.807) is 18.4 Å². The van der Waals surface area contributed by atoms with Gasteiger partial charge in [-0.05, 0) is 36.5 Å². The normalized spacial score (nSPS) is 10.2. The first-order valence-electron chi connectivity index (χ1n) is 5.99. The van der Waals surface area contributed by atoms with Crippen molar-refractivity contribution in [1.29, 1.82) is 0 Å². The number of benzene rings is 1. The molecule has 0 spiro atoms. The van der Waals surface area contributed by atoms with Gasteiger partial charge in [-0.2, -0.15) is 0 Å². The van der Waals surface area contributed by atoms with Gasteiger partial charge in [0.05, 0.1) is 18.0 Å². The highest BCUT2D eigenvalue weighted by molar-refractivity contribution is 7.80. The highest BCUT2D eigenvalue weighted by Gasteiger charge is 2.07. The van der Waals surface area contributed by atoms with E-state index in [2.05, 4.69) is 5.32 Å². The third-order valence-electron chi connectivity index (χ3n) is 2.69. The van der Waals surface area contributed by atoms with Crippen LogP contribution in [0.5, 0.6) is 5.75 Å². The van der Waals surface area contributed by atoms with Gasteiger partial charge in [-0.3, -0.25) is 0 Å². The minimum absolute atomic E-state index is 0.655. The molecular formula is C14H15ClN2OS2. The van der Waals surface area contributed by atoms with Gasteiger partial charge < -0.3 is 15.0 Å². The van der Waals surface area contributed by atoms with Gasteiger partial charge in [0, 0.05) is 23.7 Å². The van der Waals surface area contributed by atoms with Crippen LogP contribution >= 0.6 is 35.2 Å². The molecule has 3 nitrogen and oxygen atoms in total. The van der Waals surface area contributed by atoms with Crippen LogP contribution in [0, 0.1) is 0 Å². The van der Waals surface area contributed by atoms with E-state index in [1.165, 1.54) is 4.88 Å². The van der Waals surface area contributed by atoms with E-state index in [1.807, 2.05) is 48.3 Å². The molecule has 0 aliphatic rings. The molecular weight excluding hydrogens is 312 g/mol. The van der Waals surface area contributed by atoms with E-state index in [-0.39, 0.29) is 0 Å². The number of thiophene rings is 1. The third kappa shape index (κ3) is 4.10. The maximum atomic E-state index is 5.92. The molecule has 0 aliphatic heterocycles. The van der Waals surface area contributed by atoms with Crippen LogP contribution in [0.3, 0.4) is 0 Å². The van der Waals surface area contributed by atoms with Gasteiger partial charge in [0.2, 0.25) is 0 Å². The van der Waals surface area contributed by atoms with Crippen LogP contribution in [0.1, 0.15) is 4.88 Å². The van der Waals surface area contributed by atoms with Crippen molar-refractivity contribution in [2.75, 3.05) is 19.5 Å². The predicted molar refractivity (Wildman–Crippen MR) is 90.0 cm³/mol. The van der Waals surface area contributed by atoms with Gasteiger partial charge in [0.1, 0.15) is 5.75 Å². The Morgan fingerprint density at radius 3 is 2.85 bits per heavy atom. The molecule has 0 bridgehead atoms. The molecule has 0 fully saturated rings. The number of ether oxygens (including phenoxy) is 1. The summed E-state index contributed by atoms with van der Waals surface area (Å²) in [4.78, 5) is 3.14. The second kappa shape index (κ2) is 6.92. The Labute approximate surface area is 133 Å². The lowest BCUT2D eigenvalue weighted by molar-refractivity contribution is 0.415. The number of nitrogens with one attached hydrogen (secondary N) is 1. The van der Waals surface area contributed by atoms with Crippen molar-refractivity contribution in [2.45, 2.75) is 6.54 Å². The zero-order valence-corrected chi connectivity index (χ0v) is 13.6. The largest absolute Gasteiger partial charge is 0.497 e. The summed E-state index contributed by atoms with van der Waals surface area (Å²) in [5.41, 5.74) is 0.908. The van der Waals surface area contributed by atoms with Gasteiger partial charge >= 0.3 is 0 Å². The summed E-state index contributed by atoms with van der Waals surface area (Å²) in [7, 11) is 3.59. The van der Waals surface area contributed by atoms with Gasteiger partial charge in [-0.15, -0.1) is 11.3 Å². The van der Waals surface area contributed by atoms with E-state index < -0.39 is 0 Å². The fourth-order valence-corrected chi connectivity index (χ4v) is 2.99. The second-order valence-electron chi connectivity index (χ2n) is 4.22. The van der Waals surface area contributed by atoms with E-state index in [4.69, 9.17) is 28.6 Å². The number of methoxy groups -OCH3 is 1. The number of halogens is 1. The number of anilines is 1. The minimum atomic E-state index is 0.655. The maximum Gasteiger partial charge on any atom is 0.173 e. The van der Waals surface area contributed by atoms with Crippen molar-refractivity contribution in [3.8, 4) is 5.75 Å². The zero-order valence-electron chi connectivity index (χ0n) is 11.2. The SMILES string of the molecule is COc1cccc(NC(=S)N(C)Cc2ccc(Cl)s2)c1. The lowest BCUT2D eigenvalue weighted by Gasteiger charge is -2.20. The van der Waals surface area contributed by atoms with Crippen LogP contribution < -0.4 is 10.1 Å². The Morgan fingerprint density at radius 1 is 1.40 bits per heavy atom. The first kappa shape index (κ1) is 15.1. The topological polar surface area (TPSA) is 24.5 Å². The molecule has 2 aromatic rings. The average molecular weight is 327 g/mol. The first-order valence-corrected chi connectivity index (χ1v) is 7.59. The summed E-state index contributed by atoms with van der Waals surface area (Å²) in [6, 6.07) is 11.6. The molecule has 1 aromatic heterocycles. The van der Waals surface area contributed by atoms with E-state index in [0.29, 0.717) is 5.11 Å². The Hall–Kier alpha value is -1.30. The Kier molecular flexibility index (Phi) is 5.23. The predicted octanol–water partition coefficient (Wildman–Crippen LogP) is 4.24. The van der Waals surface area contributed by atoms with Gasteiger partial charge in [0.15, 0.2) is 5.11 Å². The van der Waals surface area contributed by atoms with E-state index in [9.17, 15) is 0 Å². The molecule has 106 valence electrons. The van der Waals surface area contributed by atoms with Crippen LogP contribution in [0.25, 0.3) is 0 Å². The molecule has 20 heavy (non-hydrogen) atoms. The van der Waals surface area contributed by atoms with Crippen molar-refractivity contribution in [3.05, 3.63) is 45.6 Å². The highest BCUT2D eigenvalue weighted by Crippen LogP contribution is 2.23. The lowest BCUT2D eigenvalue weighted by atomic mass is 10.3.